The van der Waals surface area contributed by atoms with E-state index < -0.39 is 0 Å². The predicted molar refractivity (Wildman–Crippen MR) is 148 cm³/mol. The molecule has 3 atom stereocenters. The largest absolute Gasteiger partial charge is 0.507 e. The van der Waals surface area contributed by atoms with E-state index in [1.54, 1.807) is 12.1 Å². The van der Waals surface area contributed by atoms with Crippen LogP contribution in [-0.4, -0.2) is 82.7 Å². The molecule has 6 rings (SSSR count). The van der Waals surface area contributed by atoms with Crippen molar-refractivity contribution in [2.45, 2.75) is 38.0 Å². The van der Waals surface area contributed by atoms with Gasteiger partial charge in [0.05, 0.1) is 30.6 Å². The van der Waals surface area contributed by atoms with Gasteiger partial charge in [0.2, 0.25) is 0 Å². The number of phenolic OH excluding ortho intramolecular Hbond substituents is 1. The molecule has 0 unspecified atom stereocenters. The van der Waals surface area contributed by atoms with Crippen LogP contribution in [0.2, 0.25) is 0 Å². The van der Waals surface area contributed by atoms with Crippen molar-refractivity contribution < 1.29 is 9.84 Å². The predicted octanol–water partition coefficient (Wildman–Crippen LogP) is 2.76. The number of morpholine rings is 1. The number of hydrogen-bond donors (Lipinski definition) is 2. The number of para-hydroxylation sites is 1. The zero-order valence-electron chi connectivity index (χ0n) is 21.6. The summed E-state index contributed by atoms with van der Waals surface area (Å²) in [7, 11) is 0. The quantitative estimate of drug-likeness (QED) is 0.512. The van der Waals surface area contributed by atoms with E-state index in [1.165, 1.54) is 0 Å². The van der Waals surface area contributed by atoms with E-state index in [9.17, 15) is 5.11 Å². The van der Waals surface area contributed by atoms with E-state index in [0.717, 1.165) is 69.2 Å². The van der Waals surface area contributed by atoms with Crippen LogP contribution < -0.4 is 15.5 Å². The Kier molecular flexibility index (Phi) is 6.75. The molecule has 3 saturated heterocycles. The number of nitrogens with zero attached hydrogens (tertiary/aromatic N) is 6. The van der Waals surface area contributed by atoms with Gasteiger partial charge < -0.3 is 25.4 Å². The lowest BCUT2D eigenvalue weighted by molar-refractivity contribution is 0.0363. The van der Waals surface area contributed by atoms with Crippen LogP contribution in [0.3, 0.4) is 0 Å². The molecule has 9 heteroatoms. The Balaban J connectivity index is 1.16. The smallest absolute Gasteiger partial charge is 0.169 e. The van der Waals surface area contributed by atoms with E-state index >= 15 is 0 Å². The zero-order valence-corrected chi connectivity index (χ0v) is 21.6. The fourth-order valence-corrected chi connectivity index (χ4v) is 5.72. The SMILES string of the molecule is C[C@H]1CCN(c2cc(-c3ccccc3O)nnc2N)CCN1c1ccnc(C#CCN2C[C@H]3C[C@@H]2CO3)c1. The topological polar surface area (TPSA) is 104 Å². The molecule has 9 nitrogen and oxygen atoms in total. The van der Waals surface area contributed by atoms with Crippen LogP contribution >= 0.6 is 0 Å². The van der Waals surface area contributed by atoms with Crippen LogP contribution in [0.15, 0.2) is 48.7 Å². The molecule has 3 aliphatic heterocycles. The van der Waals surface area contributed by atoms with E-state index in [2.05, 4.69) is 60.8 Å². The van der Waals surface area contributed by atoms with Gasteiger partial charge in [-0.1, -0.05) is 18.1 Å². The highest BCUT2D eigenvalue weighted by atomic mass is 16.5. The Morgan fingerprint density at radius 3 is 2.84 bits per heavy atom. The van der Waals surface area contributed by atoms with Crippen LogP contribution in [0.5, 0.6) is 5.75 Å². The van der Waals surface area contributed by atoms with Crippen molar-refractivity contribution in [2.24, 2.45) is 0 Å². The fourth-order valence-electron chi connectivity index (χ4n) is 5.72. The van der Waals surface area contributed by atoms with E-state index in [-0.39, 0.29) is 5.75 Å². The minimum Gasteiger partial charge on any atom is -0.507 e. The summed E-state index contributed by atoms with van der Waals surface area (Å²) < 4.78 is 5.69. The Morgan fingerprint density at radius 2 is 2.03 bits per heavy atom. The molecule has 1 aromatic carbocycles. The number of benzene rings is 1. The third kappa shape index (κ3) is 4.97. The summed E-state index contributed by atoms with van der Waals surface area (Å²) >= 11 is 0. The second kappa shape index (κ2) is 10.5. The van der Waals surface area contributed by atoms with E-state index in [0.29, 0.717) is 35.3 Å². The highest BCUT2D eigenvalue weighted by Crippen LogP contribution is 2.32. The number of likely N-dealkylation sites (tertiary alicyclic amines) is 1. The molecule has 3 aliphatic rings. The van der Waals surface area contributed by atoms with Crippen molar-refractivity contribution in [1.82, 2.24) is 20.1 Å². The van der Waals surface area contributed by atoms with Gasteiger partial charge in [-0.25, -0.2) is 4.98 Å². The molecule has 2 aromatic heterocycles. The lowest BCUT2D eigenvalue weighted by atomic mass is 10.1. The molecule has 0 spiro atoms. The fraction of sp³-hybridized carbons (Fsp3) is 0.414. The minimum absolute atomic E-state index is 0.173. The zero-order chi connectivity index (χ0) is 26.1. The summed E-state index contributed by atoms with van der Waals surface area (Å²) in [4.78, 5) is 11.6. The maximum atomic E-state index is 10.3. The average molecular weight is 512 g/mol. The molecule has 0 radical (unpaired) electrons. The van der Waals surface area contributed by atoms with E-state index in [1.807, 2.05) is 24.4 Å². The van der Waals surface area contributed by atoms with Crippen molar-refractivity contribution in [1.29, 1.82) is 0 Å². The lowest BCUT2D eigenvalue weighted by Gasteiger charge is -2.29. The second-order valence-electron chi connectivity index (χ2n) is 10.3. The maximum absolute atomic E-state index is 10.3. The molecule has 2 bridgehead atoms. The number of pyridine rings is 1. The number of fused-ring (bicyclic) bond motifs is 2. The van der Waals surface area contributed by atoms with Crippen molar-refractivity contribution in [2.75, 3.05) is 54.9 Å². The highest BCUT2D eigenvalue weighted by Gasteiger charge is 2.38. The van der Waals surface area contributed by atoms with Crippen molar-refractivity contribution >= 4 is 17.2 Å². The standard InChI is InChI=1S/C29H33N7O2/c1-20-9-12-34(27-17-26(32-33-29(27)30)25-6-2-3-7-28(25)37)13-14-36(20)22-8-10-31-21(15-22)5-4-11-35-18-24-16-23(35)19-38-24/h2-3,6-8,10,15,17,20,23-24,37H,9,11-14,16,18-19H2,1H3,(H2,30,33)/t20-,23+,24+/m0/s1. The monoisotopic (exact) mass is 511 g/mol. The number of phenols is 1. The van der Waals surface area contributed by atoms with Crippen molar-refractivity contribution in [3.05, 3.63) is 54.4 Å². The molecule has 3 aromatic rings. The van der Waals surface area contributed by atoms with Crippen LogP contribution in [0.25, 0.3) is 11.3 Å². The number of nitrogen functional groups attached to an aromatic ring is 1. The van der Waals surface area contributed by atoms with Gasteiger partial charge in [-0.2, -0.15) is 0 Å². The number of nitrogens with two attached hydrogens (primary N) is 1. The van der Waals surface area contributed by atoms with Gasteiger partial charge in [0.25, 0.3) is 0 Å². The summed E-state index contributed by atoms with van der Waals surface area (Å²) in [6.45, 7) is 7.28. The van der Waals surface area contributed by atoms with Gasteiger partial charge in [0.1, 0.15) is 11.4 Å². The van der Waals surface area contributed by atoms with Gasteiger partial charge in [0, 0.05) is 55.7 Å². The summed E-state index contributed by atoms with van der Waals surface area (Å²) in [5.41, 5.74) is 10.3. The van der Waals surface area contributed by atoms with Gasteiger partial charge in [0.15, 0.2) is 5.82 Å². The van der Waals surface area contributed by atoms with Gasteiger partial charge >= 0.3 is 0 Å². The summed E-state index contributed by atoms with van der Waals surface area (Å²) in [6.07, 6.45) is 4.33. The third-order valence-corrected chi connectivity index (χ3v) is 7.87. The molecule has 0 saturated carbocycles. The molecule has 196 valence electrons. The Labute approximate surface area is 223 Å². The molecule has 0 aliphatic carbocycles. The summed E-state index contributed by atoms with van der Waals surface area (Å²) in [6, 6.07) is 14.1. The number of ether oxygens (including phenoxy) is 1. The van der Waals surface area contributed by atoms with E-state index in [4.69, 9.17) is 10.5 Å². The van der Waals surface area contributed by atoms with Crippen LogP contribution in [0, 0.1) is 11.8 Å². The van der Waals surface area contributed by atoms with Gasteiger partial charge in [-0.05, 0) is 56.0 Å². The Morgan fingerprint density at radius 1 is 1.13 bits per heavy atom. The first-order chi connectivity index (χ1) is 18.5. The Bertz CT molecular complexity index is 1370. The van der Waals surface area contributed by atoms with Crippen LogP contribution in [0.4, 0.5) is 17.2 Å². The number of hydrogen-bond acceptors (Lipinski definition) is 9. The van der Waals surface area contributed by atoms with Crippen LogP contribution in [-0.2, 0) is 4.74 Å². The molecule has 5 heterocycles. The number of aromatic hydroxyl groups is 1. The summed E-state index contributed by atoms with van der Waals surface area (Å²) in [5, 5.41) is 18.7. The molecule has 3 fully saturated rings. The van der Waals surface area contributed by atoms with Crippen LogP contribution in [0.1, 0.15) is 25.5 Å². The van der Waals surface area contributed by atoms with Crippen molar-refractivity contribution in [3.63, 3.8) is 0 Å². The van der Waals surface area contributed by atoms with Crippen molar-refractivity contribution in [3.8, 4) is 28.8 Å². The highest BCUT2D eigenvalue weighted by molar-refractivity contribution is 5.74. The number of aromatic nitrogens is 3. The lowest BCUT2D eigenvalue weighted by Crippen LogP contribution is -2.37. The maximum Gasteiger partial charge on any atom is 0.169 e. The molecular formula is C29H33N7O2. The normalized spacial score (nSPS) is 23.2. The molecule has 3 N–H and O–H groups in total. The second-order valence-corrected chi connectivity index (χ2v) is 10.3. The first-order valence-corrected chi connectivity index (χ1v) is 13.3. The molecule has 0 amide bonds. The van der Waals surface area contributed by atoms with Gasteiger partial charge in [-0.3, -0.25) is 4.90 Å². The number of rotatable bonds is 4. The molecular weight excluding hydrogens is 478 g/mol. The van der Waals surface area contributed by atoms with Gasteiger partial charge in [-0.15, -0.1) is 10.2 Å². The number of anilines is 3. The average Bonchev–Trinajstić information content (AvgIpc) is 3.50. The molecule has 38 heavy (non-hydrogen) atoms. The first-order valence-electron chi connectivity index (χ1n) is 13.3. The first kappa shape index (κ1) is 24.5. The summed E-state index contributed by atoms with van der Waals surface area (Å²) in [5.74, 6) is 7.17. The third-order valence-electron chi connectivity index (χ3n) is 7.87. The minimum atomic E-state index is 0.173. The Hall–Kier alpha value is -3.87.